The number of carbonyl (C=O) groups excluding carboxylic acids is 1. The first-order valence-electron chi connectivity index (χ1n) is 10.7. The number of aromatic nitrogens is 4. The Labute approximate surface area is 189 Å². The van der Waals surface area contributed by atoms with Gasteiger partial charge < -0.3 is 18.4 Å². The average molecular weight is 439 g/mol. The molecule has 5 aromatic rings. The van der Waals surface area contributed by atoms with Crippen molar-refractivity contribution in [2.24, 2.45) is 0 Å². The molecular weight excluding hydrogens is 418 g/mol. The second kappa shape index (κ2) is 7.37. The van der Waals surface area contributed by atoms with Crippen molar-refractivity contribution in [1.82, 2.24) is 24.4 Å². The fraction of sp³-hybridized carbons (Fsp3) is 0.160. The van der Waals surface area contributed by atoms with Crippen molar-refractivity contribution in [1.29, 1.82) is 0 Å². The van der Waals surface area contributed by atoms with Crippen LogP contribution in [0.3, 0.4) is 0 Å². The zero-order valence-electron chi connectivity index (χ0n) is 18.2. The quantitative estimate of drug-likeness (QED) is 0.406. The van der Waals surface area contributed by atoms with Crippen molar-refractivity contribution in [3.63, 3.8) is 0 Å². The summed E-state index contributed by atoms with van der Waals surface area (Å²) in [5, 5.41) is 8.89. The van der Waals surface area contributed by atoms with Crippen LogP contribution in [0.5, 0.6) is 0 Å². The van der Waals surface area contributed by atoms with Gasteiger partial charge in [-0.15, -0.1) is 0 Å². The van der Waals surface area contributed by atoms with E-state index in [2.05, 4.69) is 37.2 Å². The number of furan rings is 1. The van der Waals surface area contributed by atoms with Gasteiger partial charge in [-0.1, -0.05) is 22.9 Å². The molecule has 1 amide bonds. The molecule has 0 unspecified atom stereocenters. The van der Waals surface area contributed by atoms with E-state index in [9.17, 15) is 4.79 Å². The molecule has 0 bridgehead atoms. The zero-order valence-corrected chi connectivity index (χ0v) is 18.2. The predicted octanol–water partition coefficient (Wildman–Crippen LogP) is 4.68. The maximum atomic E-state index is 13.2. The number of hydrogen-bond acceptors (Lipinski definition) is 5. The van der Waals surface area contributed by atoms with Gasteiger partial charge in [-0.3, -0.25) is 4.79 Å². The van der Waals surface area contributed by atoms with Crippen LogP contribution in [0.25, 0.3) is 23.0 Å². The summed E-state index contributed by atoms with van der Waals surface area (Å²) in [6.07, 6.45) is 5.54. The Bertz CT molecular complexity index is 1460. The van der Waals surface area contributed by atoms with Crippen LogP contribution in [0.15, 0.2) is 76.1 Å². The van der Waals surface area contributed by atoms with E-state index in [1.54, 1.807) is 29.4 Å². The first-order valence-corrected chi connectivity index (χ1v) is 10.7. The maximum Gasteiger partial charge on any atom is 0.276 e. The third-order valence-electron chi connectivity index (χ3n) is 5.94. The molecule has 5 heterocycles. The molecule has 8 heteroatoms. The Morgan fingerprint density at radius 1 is 1.00 bits per heavy atom. The Kier molecular flexibility index (Phi) is 4.33. The van der Waals surface area contributed by atoms with Gasteiger partial charge in [0.05, 0.1) is 30.7 Å². The molecule has 4 aromatic heterocycles. The SMILES string of the molecule is Cc1ccc(-n2nc3c(c2-n2cccc2)CN(C(=O)c2cc(-c4ccco4)on2)C3)c(C)c1. The lowest BCUT2D eigenvalue weighted by Gasteiger charge is -2.17. The molecule has 0 radical (unpaired) electrons. The van der Waals surface area contributed by atoms with E-state index in [0.717, 1.165) is 28.3 Å². The Morgan fingerprint density at radius 2 is 1.85 bits per heavy atom. The number of amides is 1. The second-order valence-corrected chi connectivity index (χ2v) is 8.26. The summed E-state index contributed by atoms with van der Waals surface area (Å²) in [6, 6.07) is 15.4. The van der Waals surface area contributed by atoms with Gasteiger partial charge in [0.15, 0.2) is 11.5 Å². The van der Waals surface area contributed by atoms with Crippen molar-refractivity contribution in [2.75, 3.05) is 0 Å². The summed E-state index contributed by atoms with van der Waals surface area (Å²) >= 11 is 0. The fourth-order valence-electron chi connectivity index (χ4n) is 4.37. The van der Waals surface area contributed by atoms with Crippen molar-refractivity contribution < 1.29 is 13.7 Å². The molecular formula is C25H21N5O3. The summed E-state index contributed by atoms with van der Waals surface area (Å²) < 4.78 is 14.7. The van der Waals surface area contributed by atoms with E-state index in [-0.39, 0.29) is 11.6 Å². The highest BCUT2D eigenvalue weighted by Crippen LogP contribution is 2.32. The van der Waals surface area contributed by atoms with E-state index in [1.165, 1.54) is 5.56 Å². The summed E-state index contributed by atoms with van der Waals surface area (Å²) in [5.41, 5.74) is 5.52. The largest absolute Gasteiger partial charge is 0.461 e. The molecule has 33 heavy (non-hydrogen) atoms. The molecule has 0 fully saturated rings. The summed E-state index contributed by atoms with van der Waals surface area (Å²) in [4.78, 5) is 14.9. The van der Waals surface area contributed by atoms with Gasteiger partial charge >= 0.3 is 0 Å². The van der Waals surface area contributed by atoms with Gasteiger partial charge in [0, 0.05) is 24.0 Å². The molecule has 0 saturated heterocycles. The van der Waals surface area contributed by atoms with E-state index < -0.39 is 0 Å². The van der Waals surface area contributed by atoms with E-state index >= 15 is 0 Å². The van der Waals surface area contributed by atoms with Gasteiger partial charge in [-0.2, -0.15) is 5.10 Å². The highest BCUT2D eigenvalue weighted by atomic mass is 16.5. The smallest absolute Gasteiger partial charge is 0.276 e. The van der Waals surface area contributed by atoms with Crippen LogP contribution in [0.4, 0.5) is 0 Å². The minimum atomic E-state index is -0.203. The number of hydrogen-bond donors (Lipinski definition) is 0. The first-order chi connectivity index (χ1) is 16.1. The third-order valence-corrected chi connectivity index (χ3v) is 5.94. The van der Waals surface area contributed by atoms with Crippen LogP contribution in [-0.4, -0.2) is 30.3 Å². The standard InChI is InChI=1S/C25H21N5O3/c1-16-7-8-21(17(2)12-16)30-24(28-9-3-4-10-28)18-14-29(15-20(18)26-30)25(31)19-13-23(33-27-19)22-6-5-11-32-22/h3-13H,14-15H2,1-2H3. The predicted molar refractivity (Wildman–Crippen MR) is 120 cm³/mol. The Balaban J connectivity index is 1.35. The number of benzene rings is 1. The molecule has 0 atom stereocenters. The van der Waals surface area contributed by atoms with Gasteiger partial charge in [0.2, 0.25) is 5.76 Å². The minimum Gasteiger partial charge on any atom is -0.461 e. The van der Waals surface area contributed by atoms with E-state index in [0.29, 0.717) is 24.6 Å². The molecule has 1 aromatic carbocycles. The number of aryl methyl sites for hydroxylation is 2. The van der Waals surface area contributed by atoms with Crippen LogP contribution in [0.1, 0.15) is 32.9 Å². The van der Waals surface area contributed by atoms with Gasteiger partial charge in [0.1, 0.15) is 5.82 Å². The molecule has 1 aliphatic heterocycles. The maximum absolute atomic E-state index is 13.2. The Morgan fingerprint density at radius 3 is 2.61 bits per heavy atom. The Hall–Kier alpha value is -4.33. The van der Waals surface area contributed by atoms with Crippen LogP contribution < -0.4 is 0 Å². The van der Waals surface area contributed by atoms with Crippen molar-refractivity contribution in [2.45, 2.75) is 26.9 Å². The van der Waals surface area contributed by atoms with Crippen LogP contribution in [0, 0.1) is 13.8 Å². The number of carbonyl (C=O) groups is 1. The molecule has 0 saturated carbocycles. The summed E-state index contributed by atoms with van der Waals surface area (Å²) in [6.45, 7) is 5.02. The summed E-state index contributed by atoms with van der Waals surface area (Å²) in [5.74, 6) is 1.69. The van der Waals surface area contributed by atoms with Crippen LogP contribution >= 0.6 is 0 Å². The first kappa shape index (κ1) is 19.4. The van der Waals surface area contributed by atoms with E-state index in [4.69, 9.17) is 14.0 Å². The molecule has 0 N–H and O–H groups in total. The van der Waals surface area contributed by atoms with Crippen molar-refractivity contribution in [3.8, 4) is 23.0 Å². The van der Waals surface area contributed by atoms with Crippen LogP contribution in [0.2, 0.25) is 0 Å². The van der Waals surface area contributed by atoms with Crippen molar-refractivity contribution in [3.05, 3.63) is 95.3 Å². The van der Waals surface area contributed by atoms with Crippen LogP contribution in [-0.2, 0) is 13.1 Å². The molecule has 6 rings (SSSR count). The zero-order chi connectivity index (χ0) is 22.5. The van der Waals surface area contributed by atoms with Crippen molar-refractivity contribution >= 4 is 5.91 Å². The highest BCUT2D eigenvalue weighted by Gasteiger charge is 2.33. The third kappa shape index (κ3) is 3.18. The molecule has 1 aliphatic rings. The fourth-order valence-corrected chi connectivity index (χ4v) is 4.37. The molecule has 8 nitrogen and oxygen atoms in total. The second-order valence-electron chi connectivity index (χ2n) is 8.26. The van der Waals surface area contributed by atoms with Gasteiger partial charge in [0.25, 0.3) is 5.91 Å². The molecule has 164 valence electrons. The lowest BCUT2D eigenvalue weighted by Crippen LogP contribution is -2.26. The monoisotopic (exact) mass is 439 g/mol. The van der Waals surface area contributed by atoms with E-state index in [1.807, 2.05) is 33.8 Å². The molecule has 0 spiro atoms. The normalized spacial score (nSPS) is 13.0. The summed E-state index contributed by atoms with van der Waals surface area (Å²) in [7, 11) is 0. The lowest BCUT2D eigenvalue weighted by atomic mass is 10.1. The van der Waals surface area contributed by atoms with Gasteiger partial charge in [-0.25, -0.2) is 4.68 Å². The number of nitrogens with zero attached hydrogens (tertiary/aromatic N) is 5. The highest BCUT2D eigenvalue weighted by molar-refractivity contribution is 5.93. The average Bonchev–Trinajstić information content (AvgIpc) is 3.61. The number of fused-ring (bicyclic) bond motifs is 1. The molecule has 0 aliphatic carbocycles. The number of rotatable bonds is 4. The lowest BCUT2D eigenvalue weighted by molar-refractivity contribution is 0.0738. The topological polar surface area (TPSA) is 82.2 Å². The minimum absolute atomic E-state index is 0.203. The van der Waals surface area contributed by atoms with Gasteiger partial charge in [-0.05, 0) is 49.7 Å².